The van der Waals surface area contributed by atoms with Crippen LogP contribution >= 0.6 is 0 Å². The van der Waals surface area contributed by atoms with Crippen LogP contribution in [0.25, 0.3) is 22.0 Å². The summed E-state index contributed by atoms with van der Waals surface area (Å²) in [7, 11) is 3.33. The Morgan fingerprint density at radius 1 is 1.23 bits per heavy atom. The Morgan fingerprint density at radius 2 is 2.00 bits per heavy atom. The van der Waals surface area contributed by atoms with Gasteiger partial charge in [-0.1, -0.05) is 12.1 Å². The van der Waals surface area contributed by atoms with Crippen LogP contribution in [0.4, 0.5) is 0 Å². The second-order valence-electron chi connectivity index (χ2n) is 5.68. The molecule has 2 heterocycles. The van der Waals surface area contributed by atoms with Gasteiger partial charge in [0.25, 0.3) is 0 Å². The van der Waals surface area contributed by atoms with E-state index in [2.05, 4.69) is 25.0 Å². The summed E-state index contributed by atoms with van der Waals surface area (Å²) in [5.41, 5.74) is 3.73. The first-order valence-electron chi connectivity index (χ1n) is 7.23. The third kappa shape index (κ3) is 2.28. The van der Waals surface area contributed by atoms with Gasteiger partial charge in [0.15, 0.2) is 0 Å². The number of rotatable bonds is 3. The average molecular weight is 297 g/mol. The van der Waals surface area contributed by atoms with Gasteiger partial charge >= 0.3 is 5.97 Å². The predicted octanol–water partition coefficient (Wildman–Crippen LogP) is 3.41. The summed E-state index contributed by atoms with van der Waals surface area (Å²) in [6.07, 6.45) is 5.71. The largest absolute Gasteiger partial charge is 0.465 e. The SMILES string of the molecule is COC(=O)c1cn(C)c2cc(-c3cnn(C(C)C)c3)ccc12. The van der Waals surface area contributed by atoms with Gasteiger partial charge in [0.05, 0.1) is 18.9 Å². The van der Waals surface area contributed by atoms with Gasteiger partial charge in [-0.3, -0.25) is 4.68 Å². The van der Waals surface area contributed by atoms with Crippen molar-refractivity contribution in [2.24, 2.45) is 7.05 Å². The van der Waals surface area contributed by atoms with E-state index in [1.807, 2.05) is 40.8 Å². The van der Waals surface area contributed by atoms with Crippen LogP contribution in [0.5, 0.6) is 0 Å². The maximum absolute atomic E-state index is 11.8. The molecule has 0 unspecified atom stereocenters. The molecule has 2 aromatic heterocycles. The number of aryl methyl sites for hydroxylation is 1. The number of benzene rings is 1. The zero-order valence-corrected chi connectivity index (χ0v) is 13.2. The third-order valence-electron chi connectivity index (χ3n) is 3.86. The van der Waals surface area contributed by atoms with Crippen LogP contribution in [0.1, 0.15) is 30.2 Å². The van der Waals surface area contributed by atoms with Crippen LogP contribution in [0.3, 0.4) is 0 Å². The van der Waals surface area contributed by atoms with Gasteiger partial charge in [0.1, 0.15) is 0 Å². The molecule has 0 aliphatic heterocycles. The lowest BCUT2D eigenvalue weighted by molar-refractivity contribution is 0.0603. The molecule has 0 N–H and O–H groups in total. The molecule has 3 aromatic rings. The summed E-state index contributed by atoms with van der Waals surface area (Å²) in [6.45, 7) is 4.19. The first-order valence-corrected chi connectivity index (χ1v) is 7.23. The first-order chi connectivity index (χ1) is 10.5. The minimum atomic E-state index is -0.314. The van der Waals surface area contributed by atoms with Crippen molar-refractivity contribution < 1.29 is 9.53 Å². The van der Waals surface area contributed by atoms with Gasteiger partial charge in [-0.05, 0) is 25.5 Å². The normalized spacial score (nSPS) is 11.3. The maximum atomic E-state index is 11.8. The van der Waals surface area contributed by atoms with Crippen molar-refractivity contribution in [2.45, 2.75) is 19.9 Å². The second kappa shape index (κ2) is 5.33. The molecule has 0 radical (unpaired) electrons. The molecule has 0 bridgehead atoms. The number of methoxy groups -OCH3 is 1. The zero-order chi connectivity index (χ0) is 15.9. The number of hydrogen-bond acceptors (Lipinski definition) is 3. The molecule has 22 heavy (non-hydrogen) atoms. The lowest BCUT2D eigenvalue weighted by atomic mass is 10.1. The van der Waals surface area contributed by atoms with Crippen molar-refractivity contribution in [3.8, 4) is 11.1 Å². The molecule has 5 nitrogen and oxygen atoms in total. The molecule has 5 heteroatoms. The van der Waals surface area contributed by atoms with Gasteiger partial charge in [0.2, 0.25) is 0 Å². The lowest BCUT2D eigenvalue weighted by Crippen LogP contribution is -1.99. The summed E-state index contributed by atoms with van der Waals surface area (Å²) >= 11 is 0. The minimum Gasteiger partial charge on any atom is -0.465 e. The molecule has 0 atom stereocenters. The Bertz CT molecular complexity index is 843. The number of hydrogen-bond donors (Lipinski definition) is 0. The van der Waals surface area contributed by atoms with Crippen LogP contribution in [0.2, 0.25) is 0 Å². The molecule has 3 rings (SSSR count). The Hall–Kier alpha value is -2.56. The van der Waals surface area contributed by atoms with Crippen molar-refractivity contribution in [1.82, 2.24) is 14.3 Å². The topological polar surface area (TPSA) is 49.1 Å². The van der Waals surface area contributed by atoms with E-state index >= 15 is 0 Å². The number of nitrogens with zero attached hydrogens (tertiary/aromatic N) is 3. The maximum Gasteiger partial charge on any atom is 0.340 e. The molecular formula is C17H19N3O2. The van der Waals surface area contributed by atoms with E-state index in [1.165, 1.54) is 7.11 Å². The Labute approximate surface area is 129 Å². The number of aromatic nitrogens is 3. The molecule has 0 saturated heterocycles. The summed E-state index contributed by atoms with van der Waals surface area (Å²) in [4.78, 5) is 11.8. The highest BCUT2D eigenvalue weighted by molar-refractivity contribution is 6.05. The minimum absolute atomic E-state index is 0.314. The van der Waals surface area contributed by atoms with Crippen molar-refractivity contribution >= 4 is 16.9 Å². The van der Waals surface area contributed by atoms with E-state index in [4.69, 9.17) is 4.74 Å². The van der Waals surface area contributed by atoms with Crippen LogP contribution in [0, 0.1) is 0 Å². The smallest absolute Gasteiger partial charge is 0.340 e. The quantitative estimate of drug-likeness (QED) is 0.696. The number of carbonyl (C=O) groups is 1. The third-order valence-corrected chi connectivity index (χ3v) is 3.86. The first kappa shape index (κ1) is 14.4. The van der Waals surface area contributed by atoms with Crippen molar-refractivity contribution in [1.29, 1.82) is 0 Å². The van der Waals surface area contributed by atoms with E-state index in [9.17, 15) is 4.79 Å². The van der Waals surface area contributed by atoms with Gasteiger partial charge in [-0.25, -0.2) is 4.79 Å². The fourth-order valence-corrected chi connectivity index (χ4v) is 2.61. The number of carbonyl (C=O) groups excluding carboxylic acids is 1. The van der Waals surface area contributed by atoms with E-state index in [0.717, 1.165) is 22.0 Å². The molecule has 0 saturated carbocycles. The molecule has 0 spiro atoms. The summed E-state index contributed by atoms with van der Waals surface area (Å²) < 4.78 is 8.71. The molecule has 114 valence electrons. The van der Waals surface area contributed by atoms with Gasteiger partial charge < -0.3 is 9.30 Å². The van der Waals surface area contributed by atoms with Crippen LogP contribution in [0.15, 0.2) is 36.8 Å². The predicted molar refractivity (Wildman–Crippen MR) is 85.9 cm³/mol. The van der Waals surface area contributed by atoms with E-state index in [-0.39, 0.29) is 5.97 Å². The molecular weight excluding hydrogens is 278 g/mol. The fraction of sp³-hybridized carbons (Fsp3) is 0.294. The summed E-state index contributed by atoms with van der Waals surface area (Å²) in [6, 6.07) is 6.38. The fourth-order valence-electron chi connectivity index (χ4n) is 2.61. The van der Waals surface area contributed by atoms with Gasteiger partial charge in [-0.2, -0.15) is 5.10 Å². The van der Waals surface area contributed by atoms with Gasteiger partial charge in [-0.15, -0.1) is 0 Å². The Balaban J connectivity index is 2.10. The summed E-state index contributed by atoms with van der Waals surface area (Å²) in [5, 5.41) is 5.27. The molecule has 0 fully saturated rings. The zero-order valence-electron chi connectivity index (χ0n) is 13.2. The second-order valence-corrected chi connectivity index (χ2v) is 5.68. The van der Waals surface area contributed by atoms with Crippen molar-refractivity contribution in [2.75, 3.05) is 7.11 Å². The van der Waals surface area contributed by atoms with Crippen LogP contribution < -0.4 is 0 Å². The lowest BCUT2D eigenvalue weighted by Gasteiger charge is -2.04. The average Bonchev–Trinajstić information content (AvgIpc) is 3.12. The highest BCUT2D eigenvalue weighted by Crippen LogP contribution is 2.28. The Kier molecular flexibility index (Phi) is 3.48. The molecule has 0 aliphatic carbocycles. The van der Waals surface area contributed by atoms with Crippen LogP contribution in [-0.4, -0.2) is 27.4 Å². The van der Waals surface area contributed by atoms with Crippen molar-refractivity contribution in [3.05, 3.63) is 42.4 Å². The molecule has 1 aromatic carbocycles. The molecule has 0 aliphatic rings. The Morgan fingerprint density at radius 3 is 2.64 bits per heavy atom. The number of ether oxygens (including phenoxy) is 1. The van der Waals surface area contributed by atoms with E-state index in [1.54, 1.807) is 6.20 Å². The monoisotopic (exact) mass is 297 g/mol. The molecule has 0 amide bonds. The van der Waals surface area contributed by atoms with Crippen LogP contribution in [-0.2, 0) is 11.8 Å². The van der Waals surface area contributed by atoms with E-state index in [0.29, 0.717) is 11.6 Å². The standard InChI is InChI=1S/C17H19N3O2/c1-11(2)20-9-13(8-18-20)12-5-6-14-15(17(21)22-4)10-19(3)16(14)7-12/h5-11H,1-4H3. The van der Waals surface area contributed by atoms with Gasteiger partial charge in [0, 0.05) is 41.9 Å². The van der Waals surface area contributed by atoms with E-state index < -0.39 is 0 Å². The summed E-state index contributed by atoms with van der Waals surface area (Å²) in [5.74, 6) is -0.314. The van der Waals surface area contributed by atoms with Crippen molar-refractivity contribution in [3.63, 3.8) is 0 Å². The highest BCUT2D eigenvalue weighted by Gasteiger charge is 2.15. The number of esters is 1. The highest BCUT2D eigenvalue weighted by atomic mass is 16.5. The number of fused-ring (bicyclic) bond motifs is 1.